The van der Waals surface area contributed by atoms with Crippen LogP contribution in [-0.4, -0.2) is 14.7 Å². The average Bonchev–Trinajstić information content (AvgIpc) is 2.63. The standard InChI is InChI=1S/C19H15F3N4O3/c1-10-6-7-14(8-11(10)2)26-17(28)15(16(27)23-18(26)29)25-24-13-5-3-4-12(9-13)19(20,21)22/h3-9,28H,1-2H3,(H,23,27,29). The van der Waals surface area contributed by atoms with Crippen molar-refractivity contribution in [2.75, 3.05) is 0 Å². The molecule has 29 heavy (non-hydrogen) atoms. The smallest absolute Gasteiger partial charge is 0.416 e. The van der Waals surface area contributed by atoms with E-state index in [0.29, 0.717) is 0 Å². The summed E-state index contributed by atoms with van der Waals surface area (Å²) in [7, 11) is 0. The number of aromatic amines is 1. The molecule has 0 radical (unpaired) electrons. The Kier molecular flexibility index (Phi) is 5.10. The van der Waals surface area contributed by atoms with Gasteiger partial charge in [-0.25, -0.2) is 9.36 Å². The second-order valence-corrected chi connectivity index (χ2v) is 6.28. The van der Waals surface area contributed by atoms with Gasteiger partial charge in [0, 0.05) is 0 Å². The zero-order valence-corrected chi connectivity index (χ0v) is 15.3. The molecule has 3 aromatic rings. The van der Waals surface area contributed by atoms with Crippen molar-refractivity contribution in [3.8, 4) is 11.6 Å². The minimum atomic E-state index is -4.57. The molecule has 0 atom stereocenters. The summed E-state index contributed by atoms with van der Waals surface area (Å²) in [6.45, 7) is 3.67. The summed E-state index contributed by atoms with van der Waals surface area (Å²) in [5.74, 6) is -0.780. The van der Waals surface area contributed by atoms with E-state index in [1.807, 2.05) is 11.9 Å². The van der Waals surface area contributed by atoms with Crippen LogP contribution in [0.1, 0.15) is 16.7 Å². The van der Waals surface area contributed by atoms with E-state index < -0.39 is 34.6 Å². The van der Waals surface area contributed by atoms with Gasteiger partial charge in [0.15, 0.2) is 0 Å². The maximum Gasteiger partial charge on any atom is 0.416 e. The maximum absolute atomic E-state index is 12.8. The number of azo groups is 1. The molecular formula is C19H15F3N4O3. The van der Waals surface area contributed by atoms with Gasteiger partial charge in [0.1, 0.15) is 0 Å². The number of benzene rings is 2. The summed E-state index contributed by atoms with van der Waals surface area (Å²) >= 11 is 0. The Morgan fingerprint density at radius 1 is 1.00 bits per heavy atom. The number of aromatic nitrogens is 2. The van der Waals surface area contributed by atoms with Crippen molar-refractivity contribution >= 4 is 11.4 Å². The molecule has 0 fully saturated rings. The monoisotopic (exact) mass is 404 g/mol. The Bertz CT molecular complexity index is 1230. The van der Waals surface area contributed by atoms with Crippen molar-refractivity contribution in [2.24, 2.45) is 10.2 Å². The largest absolute Gasteiger partial charge is 0.492 e. The lowest BCUT2D eigenvalue weighted by molar-refractivity contribution is -0.137. The molecule has 7 nitrogen and oxygen atoms in total. The molecule has 10 heteroatoms. The van der Waals surface area contributed by atoms with Crippen molar-refractivity contribution in [1.29, 1.82) is 0 Å². The summed E-state index contributed by atoms with van der Waals surface area (Å²) in [4.78, 5) is 26.3. The topological polar surface area (TPSA) is 99.8 Å². The normalized spacial score (nSPS) is 11.9. The first-order chi connectivity index (χ1) is 13.6. The highest BCUT2D eigenvalue weighted by Crippen LogP contribution is 2.32. The Hall–Kier alpha value is -3.69. The van der Waals surface area contributed by atoms with Gasteiger partial charge in [-0.1, -0.05) is 12.1 Å². The number of rotatable bonds is 3. The molecule has 0 aliphatic heterocycles. The highest BCUT2D eigenvalue weighted by Gasteiger charge is 2.30. The molecule has 0 spiro atoms. The molecule has 0 unspecified atom stereocenters. The molecule has 3 rings (SSSR count). The second kappa shape index (κ2) is 7.38. The molecule has 0 saturated heterocycles. The predicted octanol–water partition coefficient (Wildman–Crippen LogP) is 4.28. The molecule has 0 aliphatic rings. The lowest BCUT2D eigenvalue weighted by Crippen LogP contribution is -2.28. The minimum absolute atomic E-state index is 0.178. The van der Waals surface area contributed by atoms with Gasteiger partial charge in [0.25, 0.3) is 5.56 Å². The summed E-state index contributed by atoms with van der Waals surface area (Å²) in [5.41, 5.74) is -1.57. The van der Waals surface area contributed by atoms with Crippen LogP contribution in [-0.2, 0) is 6.18 Å². The molecule has 0 bridgehead atoms. The van der Waals surface area contributed by atoms with Crippen LogP contribution < -0.4 is 11.2 Å². The fourth-order valence-corrected chi connectivity index (χ4v) is 2.56. The predicted molar refractivity (Wildman–Crippen MR) is 99.4 cm³/mol. The van der Waals surface area contributed by atoms with E-state index in [0.717, 1.165) is 33.9 Å². The first kappa shape index (κ1) is 20.1. The Morgan fingerprint density at radius 3 is 2.38 bits per heavy atom. The average molecular weight is 404 g/mol. The molecule has 2 N–H and O–H groups in total. The molecule has 0 saturated carbocycles. The number of halogens is 3. The Labute approximate surface area is 161 Å². The first-order valence-electron chi connectivity index (χ1n) is 8.33. The van der Waals surface area contributed by atoms with Gasteiger partial charge in [0.2, 0.25) is 11.6 Å². The number of alkyl halides is 3. The zero-order chi connectivity index (χ0) is 21.3. The lowest BCUT2D eigenvalue weighted by Gasteiger charge is -2.10. The highest BCUT2D eigenvalue weighted by molar-refractivity contribution is 5.51. The van der Waals surface area contributed by atoms with Crippen LogP contribution in [0.25, 0.3) is 5.69 Å². The van der Waals surface area contributed by atoms with Crippen LogP contribution in [0.4, 0.5) is 24.5 Å². The molecule has 150 valence electrons. The molecule has 0 aliphatic carbocycles. The summed E-state index contributed by atoms with van der Waals surface area (Å²) < 4.78 is 39.2. The van der Waals surface area contributed by atoms with Gasteiger partial charge >= 0.3 is 11.9 Å². The first-order valence-corrected chi connectivity index (χ1v) is 8.33. The van der Waals surface area contributed by atoms with Gasteiger partial charge in [-0.2, -0.15) is 18.3 Å². The fourth-order valence-electron chi connectivity index (χ4n) is 2.56. The molecule has 0 amide bonds. The Balaban J connectivity index is 2.09. The second-order valence-electron chi connectivity index (χ2n) is 6.28. The van der Waals surface area contributed by atoms with Crippen LogP contribution in [0.5, 0.6) is 5.88 Å². The maximum atomic E-state index is 12.8. The quantitative estimate of drug-likeness (QED) is 0.637. The Morgan fingerprint density at radius 2 is 1.72 bits per heavy atom. The van der Waals surface area contributed by atoms with Crippen molar-refractivity contribution in [2.45, 2.75) is 20.0 Å². The van der Waals surface area contributed by atoms with E-state index in [2.05, 4.69) is 10.2 Å². The fraction of sp³-hybridized carbons (Fsp3) is 0.158. The van der Waals surface area contributed by atoms with Gasteiger partial charge in [-0.15, -0.1) is 5.11 Å². The van der Waals surface area contributed by atoms with E-state index in [4.69, 9.17) is 0 Å². The lowest BCUT2D eigenvalue weighted by atomic mass is 10.1. The summed E-state index contributed by atoms with van der Waals surface area (Å²) in [6.07, 6.45) is -4.57. The summed E-state index contributed by atoms with van der Waals surface area (Å²) in [6, 6.07) is 8.92. The minimum Gasteiger partial charge on any atom is -0.492 e. The van der Waals surface area contributed by atoms with E-state index in [1.54, 1.807) is 25.1 Å². The SMILES string of the molecule is Cc1ccc(-n2c(O)c(N=Nc3cccc(C(F)(F)F)c3)c(=O)[nH]c2=O)cc1C. The number of aryl methyl sites for hydroxylation is 2. The highest BCUT2D eigenvalue weighted by atomic mass is 19.4. The van der Waals surface area contributed by atoms with E-state index in [9.17, 15) is 27.9 Å². The van der Waals surface area contributed by atoms with Gasteiger partial charge < -0.3 is 5.11 Å². The number of hydrogen-bond donors (Lipinski definition) is 2. The van der Waals surface area contributed by atoms with Crippen molar-refractivity contribution in [1.82, 2.24) is 9.55 Å². The summed E-state index contributed by atoms with van der Waals surface area (Å²) in [5, 5.41) is 17.6. The third kappa shape index (κ3) is 4.10. The van der Waals surface area contributed by atoms with Crippen LogP contribution >= 0.6 is 0 Å². The molecule has 2 aromatic carbocycles. The van der Waals surface area contributed by atoms with Crippen LogP contribution in [0.3, 0.4) is 0 Å². The zero-order valence-electron chi connectivity index (χ0n) is 15.3. The van der Waals surface area contributed by atoms with Crippen molar-refractivity contribution in [3.63, 3.8) is 0 Å². The number of nitrogens with zero attached hydrogens (tertiary/aromatic N) is 3. The number of aromatic hydroxyl groups is 1. The molecular weight excluding hydrogens is 389 g/mol. The van der Waals surface area contributed by atoms with E-state index >= 15 is 0 Å². The van der Waals surface area contributed by atoms with Gasteiger partial charge in [-0.3, -0.25) is 9.78 Å². The van der Waals surface area contributed by atoms with E-state index in [1.165, 1.54) is 6.07 Å². The molecule has 1 aromatic heterocycles. The third-order valence-electron chi connectivity index (χ3n) is 4.25. The van der Waals surface area contributed by atoms with E-state index in [-0.39, 0.29) is 11.4 Å². The number of hydrogen-bond acceptors (Lipinski definition) is 5. The number of H-pyrrole nitrogens is 1. The third-order valence-corrected chi connectivity index (χ3v) is 4.25. The van der Waals surface area contributed by atoms with Crippen LogP contribution in [0, 0.1) is 13.8 Å². The number of nitrogens with one attached hydrogen (secondary N) is 1. The van der Waals surface area contributed by atoms with Gasteiger partial charge in [0.05, 0.1) is 16.9 Å². The van der Waals surface area contributed by atoms with Crippen LogP contribution in [0.15, 0.2) is 62.3 Å². The van der Waals surface area contributed by atoms with Crippen molar-refractivity contribution < 1.29 is 18.3 Å². The van der Waals surface area contributed by atoms with Crippen LogP contribution in [0.2, 0.25) is 0 Å². The molecule has 1 heterocycles. The van der Waals surface area contributed by atoms with Gasteiger partial charge in [-0.05, 0) is 55.3 Å². The van der Waals surface area contributed by atoms with Crippen molar-refractivity contribution in [3.05, 3.63) is 80.0 Å².